The number of nitrogens with zero attached hydrogens (tertiary/aromatic N) is 1. The van der Waals surface area contributed by atoms with Crippen LogP contribution in [0.4, 0.5) is 0 Å². The van der Waals surface area contributed by atoms with Crippen LogP contribution in [0.1, 0.15) is 28.7 Å². The summed E-state index contributed by atoms with van der Waals surface area (Å²) in [5.74, 6) is 0.601. The van der Waals surface area contributed by atoms with Crippen LogP contribution in [0.5, 0.6) is 11.5 Å². The number of ether oxygens (including phenoxy) is 2. The first-order valence-electron chi connectivity index (χ1n) is 7.42. The number of hydrogen-bond donors (Lipinski definition) is 1. The van der Waals surface area contributed by atoms with Gasteiger partial charge in [-0.3, -0.25) is 0 Å². The Kier molecular flexibility index (Phi) is 5.46. The van der Waals surface area contributed by atoms with E-state index < -0.39 is 0 Å². The van der Waals surface area contributed by atoms with E-state index in [0.29, 0.717) is 24.5 Å². The van der Waals surface area contributed by atoms with E-state index in [9.17, 15) is 9.90 Å². The maximum Gasteiger partial charge on any atom is 0.354 e. The average molecular weight is 315 g/mol. The summed E-state index contributed by atoms with van der Waals surface area (Å²) in [6.07, 6.45) is 4.39. The van der Waals surface area contributed by atoms with Gasteiger partial charge in [-0.25, -0.2) is 4.79 Å². The zero-order valence-electron chi connectivity index (χ0n) is 13.6. The summed E-state index contributed by atoms with van der Waals surface area (Å²) in [5.41, 5.74) is 2.17. The van der Waals surface area contributed by atoms with Crippen LogP contribution < -0.4 is 4.74 Å². The van der Waals surface area contributed by atoms with Crippen LogP contribution in [0.2, 0.25) is 0 Å². The fraction of sp³-hybridized carbons (Fsp3) is 0.278. The second-order valence-corrected chi connectivity index (χ2v) is 5.02. The molecule has 0 saturated carbocycles. The highest BCUT2D eigenvalue weighted by Gasteiger charge is 2.11. The van der Waals surface area contributed by atoms with E-state index in [0.717, 1.165) is 11.3 Å². The highest BCUT2D eigenvalue weighted by Crippen LogP contribution is 2.23. The van der Waals surface area contributed by atoms with E-state index in [4.69, 9.17) is 9.47 Å². The Labute approximate surface area is 135 Å². The molecule has 1 aromatic heterocycles. The normalized spacial score (nSPS) is 10.9. The number of phenolic OH excluding ortho intramolecular Hbond substituents is 1. The molecule has 23 heavy (non-hydrogen) atoms. The van der Waals surface area contributed by atoms with Crippen molar-refractivity contribution in [3.63, 3.8) is 0 Å². The molecular weight excluding hydrogens is 294 g/mol. The molecule has 0 spiro atoms. The van der Waals surface area contributed by atoms with Gasteiger partial charge in [0.05, 0.1) is 13.7 Å². The number of carbonyl (C=O) groups is 1. The molecule has 0 radical (unpaired) electrons. The number of aromatic nitrogens is 1. The number of carbonyl (C=O) groups excluding carboxylic acids is 1. The maximum absolute atomic E-state index is 11.8. The van der Waals surface area contributed by atoms with Crippen molar-refractivity contribution in [2.75, 3.05) is 13.7 Å². The number of hydrogen-bond acceptors (Lipinski definition) is 4. The molecule has 5 heteroatoms. The molecule has 0 aliphatic heterocycles. The monoisotopic (exact) mass is 315 g/mol. The van der Waals surface area contributed by atoms with Gasteiger partial charge in [0.15, 0.2) is 0 Å². The predicted molar refractivity (Wildman–Crippen MR) is 88.8 cm³/mol. The van der Waals surface area contributed by atoms with E-state index in [1.54, 1.807) is 42.9 Å². The van der Waals surface area contributed by atoms with Crippen molar-refractivity contribution >= 4 is 12.0 Å². The predicted octanol–water partition coefficient (Wildman–Crippen LogP) is 3.17. The topological polar surface area (TPSA) is 60.7 Å². The van der Waals surface area contributed by atoms with Crippen molar-refractivity contribution in [1.29, 1.82) is 0 Å². The minimum Gasteiger partial charge on any atom is -0.508 e. The Hall–Kier alpha value is -2.69. The van der Waals surface area contributed by atoms with Gasteiger partial charge in [0.25, 0.3) is 0 Å². The SMILES string of the molecule is CCOC(=O)c1ccc(C=CCc2cc(OC)ccc2O)n1C. The van der Waals surface area contributed by atoms with Crippen LogP contribution in [-0.4, -0.2) is 29.4 Å². The summed E-state index contributed by atoms with van der Waals surface area (Å²) in [7, 11) is 3.40. The minimum atomic E-state index is -0.333. The number of aromatic hydroxyl groups is 1. The summed E-state index contributed by atoms with van der Waals surface area (Å²) in [4.78, 5) is 11.8. The summed E-state index contributed by atoms with van der Waals surface area (Å²) in [5, 5.41) is 9.86. The van der Waals surface area contributed by atoms with Gasteiger partial charge in [-0.2, -0.15) is 0 Å². The number of esters is 1. The number of phenols is 1. The molecule has 122 valence electrons. The lowest BCUT2D eigenvalue weighted by molar-refractivity contribution is 0.0515. The molecule has 0 unspecified atom stereocenters. The second-order valence-electron chi connectivity index (χ2n) is 5.02. The van der Waals surface area contributed by atoms with Gasteiger partial charge in [-0.15, -0.1) is 0 Å². The lowest BCUT2D eigenvalue weighted by Crippen LogP contribution is -2.10. The third kappa shape index (κ3) is 3.94. The van der Waals surface area contributed by atoms with E-state index >= 15 is 0 Å². The maximum atomic E-state index is 11.8. The van der Waals surface area contributed by atoms with Gasteiger partial charge in [-0.1, -0.05) is 6.08 Å². The Morgan fingerprint density at radius 1 is 1.30 bits per heavy atom. The van der Waals surface area contributed by atoms with Crippen molar-refractivity contribution in [2.45, 2.75) is 13.3 Å². The molecule has 0 aliphatic rings. The highest BCUT2D eigenvalue weighted by atomic mass is 16.5. The summed E-state index contributed by atoms with van der Waals surface area (Å²) in [6.45, 7) is 2.13. The second kappa shape index (κ2) is 7.54. The minimum absolute atomic E-state index is 0.231. The van der Waals surface area contributed by atoms with Gasteiger partial charge < -0.3 is 19.1 Å². The van der Waals surface area contributed by atoms with Crippen molar-refractivity contribution in [1.82, 2.24) is 4.57 Å². The van der Waals surface area contributed by atoms with Crippen molar-refractivity contribution in [2.24, 2.45) is 7.05 Å². The lowest BCUT2D eigenvalue weighted by Gasteiger charge is -2.06. The molecule has 1 heterocycles. The molecule has 0 fully saturated rings. The summed E-state index contributed by atoms with van der Waals surface area (Å²) in [6, 6.07) is 8.72. The average Bonchev–Trinajstić information content (AvgIpc) is 2.90. The molecule has 5 nitrogen and oxygen atoms in total. The van der Waals surface area contributed by atoms with Crippen LogP contribution in [0.25, 0.3) is 6.08 Å². The van der Waals surface area contributed by atoms with Gasteiger partial charge in [0.2, 0.25) is 0 Å². The van der Waals surface area contributed by atoms with Crippen molar-refractivity contribution in [3.8, 4) is 11.5 Å². The standard InChI is InChI=1S/C18H21NO4/c1-4-23-18(21)16-10-8-14(19(16)2)7-5-6-13-12-15(22-3)9-11-17(13)20/h5,7-12,20H,4,6H2,1-3H3. The number of benzene rings is 1. The molecule has 0 aliphatic carbocycles. The molecule has 0 amide bonds. The fourth-order valence-electron chi connectivity index (χ4n) is 2.26. The van der Waals surface area contributed by atoms with Crippen LogP contribution in [0.3, 0.4) is 0 Å². The van der Waals surface area contributed by atoms with E-state index in [1.165, 1.54) is 0 Å². The quantitative estimate of drug-likeness (QED) is 0.832. The molecular formula is C18H21NO4. The summed E-state index contributed by atoms with van der Waals surface area (Å²) < 4.78 is 11.9. The van der Waals surface area contributed by atoms with Crippen LogP contribution in [0.15, 0.2) is 36.4 Å². The van der Waals surface area contributed by atoms with E-state index in [-0.39, 0.29) is 11.7 Å². The third-order valence-corrected chi connectivity index (χ3v) is 3.56. The number of rotatable bonds is 6. The first-order valence-corrected chi connectivity index (χ1v) is 7.42. The van der Waals surface area contributed by atoms with Crippen LogP contribution >= 0.6 is 0 Å². The Morgan fingerprint density at radius 2 is 2.09 bits per heavy atom. The smallest absolute Gasteiger partial charge is 0.354 e. The van der Waals surface area contributed by atoms with E-state index in [1.807, 2.05) is 25.3 Å². The fourth-order valence-corrected chi connectivity index (χ4v) is 2.26. The molecule has 2 rings (SSSR count). The van der Waals surface area contributed by atoms with Gasteiger partial charge in [-0.05, 0) is 49.8 Å². The molecule has 0 atom stereocenters. The Morgan fingerprint density at radius 3 is 2.78 bits per heavy atom. The Balaban J connectivity index is 2.11. The molecule has 2 aromatic rings. The van der Waals surface area contributed by atoms with Crippen molar-refractivity contribution in [3.05, 3.63) is 53.4 Å². The van der Waals surface area contributed by atoms with E-state index in [2.05, 4.69) is 0 Å². The van der Waals surface area contributed by atoms with Gasteiger partial charge >= 0.3 is 5.97 Å². The van der Waals surface area contributed by atoms with Gasteiger partial charge in [0, 0.05) is 18.3 Å². The van der Waals surface area contributed by atoms with Crippen molar-refractivity contribution < 1.29 is 19.4 Å². The first-order chi connectivity index (χ1) is 11.1. The van der Waals surface area contributed by atoms with Crippen LogP contribution in [0, 0.1) is 0 Å². The summed E-state index contributed by atoms with van der Waals surface area (Å²) >= 11 is 0. The zero-order chi connectivity index (χ0) is 16.8. The molecule has 1 N–H and O–H groups in total. The van der Waals surface area contributed by atoms with Gasteiger partial charge in [0.1, 0.15) is 17.2 Å². The first kappa shape index (κ1) is 16.7. The lowest BCUT2D eigenvalue weighted by atomic mass is 10.1. The van der Waals surface area contributed by atoms with Crippen LogP contribution in [-0.2, 0) is 18.2 Å². The highest BCUT2D eigenvalue weighted by molar-refractivity contribution is 5.88. The molecule has 0 bridgehead atoms. The molecule has 1 aromatic carbocycles. The third-order valence-electron chi connectivity index (χ3n) is 3.56. The Bertz CT molecular complexity index is 716. The number of methoxy groups -OCH3 is 1. The molecule has 0 saturated heterocycles. The largest absolute Gasteiger partial charge is 0.508 e. The number of allylic oxidation sites excluding steroid dienone is 1. The zero-order valence-corrected chi connectivity index (χ0v) is 13.6.